The summed E-state index contributed by atoms with van der Waals surface area (Å²) in [7, 11) is 0. The summed E-state index contributed by atoms with van der Waals surface area (Å²) in [4.78, 5) is 0. The van der Waals surface area contributed by atoms with Crippen LogP contribution in [0.3, 0.4) is 0 Å². The molecule has 0 aromatic carbocycles. The van der Waals surface area contributed by atoms with Gasteiger partial charge < -0.3 is 9.47 Å². The maximum Gasteiger partial charge on any atom is 0.0844 e. The van der Waals surface area contributed by atoms with Crippen LogP contribution in [0.2, 0.25) is 0 Å². The van der Waals surface area contributed by atoms with Crippen LogP contribution in [0.4, 0.5) is 0 Å². The zero-order valence-electron chi connectivity index (χ0n) is 15.9. The minimum Gasteiger partial charge on any atom is -0.374 e. The van der Waals surface area contributed by atoms with Gasteiger partial charge in [-0.05, 0) is 99.7 Å². The maximum atomic E-state index is 6.29. The van der Waals surface area contributed by atoms with Gasteiger partial charge in [0.1, 0.15) is 0 Å². The molecule has 9 atom stereocenters. The molecule has 2 bridgehead atoms. The van der Waals surface area contributed by atoms with Crippen LogP contribution in [0.1, 0.15) is 77.6 Å². The molecule has 0 radical (unpaired) electrons. The molecule has 0 aromatic heterocycles. The summed E-state index contributed by atoms with van der Waals surface area (Å²) in [6.45, 7) is 2.48. The monoisotopic (exact) mass is 344 g/mol. The van der Waals surface area contributed by atoms with E-state index in [4.69, 9.17) is 9.47 Å². The largest absolute Gasteiger partial charge is 0.374 e. The lowest BCUT2D eigenvalue weighted by Gasteiger charge is -2.57. The van der Waals surface area contributed by atoms with Gasteiger partial charge in [0.15, 0.2) is 0 Å². The molecular formula is C23H36O2. The second kappa shape index (κ2) is 5.96. The molecule has 2 heteroatoms. The van der Waals surface area contributed by atoms with Crippen LogP contribution in [-0.2, 0) is 9.47 Å². The van der Waals surface area contributed by atoms with Gasteiger partial charge in [-0.2, -0.15) is 0 Å². The van der Waals surface area contributed by atoms with E-state index in [0.29, 0.717) is 24.4 Å². The Balaban J connectivity index is 1.07. The lowest BCUT2D eigenvalue weighted by atomic mass is 9.58. The van der Waals surface area contributed by atoms with Crippen molar-refractivity contribution < 1.29 is 9.47 Å². The Morgan fingerprint density at radius 2 is 1.08 bits per heavy atom. The number of hydrogen-bond donors (Lipinski definition) is 0. The van der Waals surface area contributed by atoms with Crippen LogP contribution in [0.25, 0.3) is 0 Å². The molecule has 7 fully saturated rings. The second-order valence-electron chi connectivity index (χ2n) is 10.8. The van der Waals surface area contributed by atoms with Gasteiger partial charge in [0.05, 0.1) is 24.4 Å². The highest BCUT2D eigenvalue weighted by Crippen LogP contribution is 2.56. The molecule has 25 heavy (non-hydrogen) atoms. The Morgan fingerprint density at radius 1 is 0.480 bits per heavy atom. The summed E-state index contributed by atoms with van der Waals surface area (Å²) < 4.78 is 12.1. The minimum atomic E-state index is 0.619. The van der Waals surface area contributed by atoms with Gasteiger partial charge in [0.2, 0.25) is 0 Å². The molecule has 7 aliphatic rings. The van der Waals surface area contributed by atoms with Gasteiger partial charge in [0.25, 0.3) is 0 Å². The Labute approximate surface area is 153 Å². The average Bonchev–Trinajstić information content (AvgIpc) is 3.40. The Bertz CT molecular complexity index is 506. The molecule has 0 aromatic rings. The predicted octanol–water partition coefficient (Wildman–Crippen LogP) is 5.20. The van der Waals surface area contributed by atoms with Crippen molar-refractivity contribution in [2.24, 2.45) is 41.4 Å². The summed E-state index contributed by atoms with van der Waals surface area (Å²) in [5, 5.41) is 0. The standard InChI is InChI=1S/C23H36O2/c1-13-2-3-15-9-16(5-4-14(15)8-13)18-11-21-23(22(12-18)25-21)17-6-7-19-20(10-17)24-19/h13-23H,2-12H2,1H3. The van der Waals surface area contributed by atoms with Crippen LogP contribution < -0.4 is 0 Å². The molecule has 7 rings (SSSR count). The lowest BCUT2D eigenvalue weighted by molar-refractivity contribution is -0.252. The molecule has 140 valence electrons. The number of fused-ring (bicyclic) bond motifs is 4. The number of rotatable bonds is 2. The van der Waals surface area contributed by atoms with Crippen molar-refractivity contribution in [2.75, 3.05) is 0 Å². The fourth-order valence-electron chi connectivity index (χ4n) is 8.04. The van der Waals surface area contributed by atoms with Crippen LogP contribution in [-0.4, -0.2) is 24.4 Å². The van der Waals surface area contributed by atoms with Crippen molar-refractivity contribution in [3.05, 3.63) is 0 Å². The van der Waals surface area contributed by atoms with E-state index >= 15 is 0 Å². The molecule has 3 aliphatic heterocycles. The average molecular weight is 345 g/mol. The van der Waals surface area contributed by atoms with Crippen molar-refractivity contribution in [2.45, 2.75) is 102 Å². The zero-order chi connectivity index (χ0) is 16.5. The van der Waals surface area contributed by atoms with E-state index in [0.717, 1.165) is 41.4 Å². The highest BCUT2D eigenvalue weighted by atomic mass is 16.6. The van der Waals surface area contributed by atoms with E-state index in [1.165, 1.54) is 57.8 Å². The van der Waals surface area contributed by atoms with Gasteiger partial charge in [-0.25, -0.2) is 0 Å². The normalized spacial score (nSPS) is 60.1. The first kappa shape index (κ1) is 15.9. The fraction of sp³-hybridized carbons (Fsp3) is 1.00. The molecule has 2 nitrogen and oxygen atoms in total. The molecule has 4 aliphatic carbocycles. The van der Waals surface area contributed by atoms with E-state index < -0.39 is 0 Å². The first-order valence-electron chi connectivity index (χ1n) is 11.6. The van der Waals surface area contributed by atoms with E-state index in [2.05, 4.69) is 6.92 Å². The molecular weight excluding hydrogens is 308 g/mol. The van der Waals surface area contributed by atoms with E-state index in [-0.39, 0.29) is 0 Å². The Hall–Kier alpha value is -0.0800. The molecule has 9 unspecified atom stereocenters. The first-order chi connectivity index (χ1) is 12.2. The van der Waals surface area contributed by atoms with Gasteiger partial charge in [0, 0.05) is 5.92 Å². The Morgan fingerprint density at radius 3 is 1.88 bits per heavy atom. The number of hydrogen-bond acceptors (Lipinski definition) is 2. The quantitative estimate of drug-likeness (QED) is 0.642. The van der Waals surface area contributed by atoms with E-state index in [1.54, 1.807) is 12.8 Å². The number of ether oxygens (including phenoxy) is 2. The summed E-state index contributed by atoms with van der Waals surface area (Å²) in [6.07, 6.45) is 18.6. The zero-order valence-corrected chi connectivity index (χ0v) is 15.9. The van der Waals surface area contributed by atoms with Crippen molar-refractivity contribution in [1.29, 1.82) is 0 Å². The van der Waals surface area contributed by atoms with Crippen molar-refractivity contribution in [3.63, 3.8) is 0 Å². The molecule has 4 saturated carbocycles. The van der Waals surface area contributed by atoms with Crippen molar-refractivity contribution in [1.82, 2.24) is 0 Å². The Kier molecular flexibility index (Phi) is 3.80. The third-order valence-electron chi connectivity index (χ3n) is 9.45. The van der Waals surface area contributed by atoms with Crippen LogP contribution in [0.15, 0.2) is 0 Å². The highest BCUT2D eigenvalue weighted by Gasteiger charge is 2.56. The van der Waals surface area contributed by atoms with Crippen molar-refractivity contribution >= 4 is 0 Å². The smallest absolute Gasteiger partial charge is 0.0844 e. The summed E-state index contributed by atoms with van der Waals surface area (Å²) in [5.74, 6) is 7.00. The van der Waals surface area contributed by atoms with Crippen LogP contribution >= 0.6 is 0 Å². The lowest BCUT2D eigenvalue weighted by Crippen LogP contribution is -2.59. The van der Waals surface area contributed by atoms with Crippen molar-refractivity contribution in [3.8, 4) is 0 Å². The van der Waals surface area contributed by atoms with E-state index in [1.807, 2.05) is 0 Å². The minimum absolute atomic E-state index is 0.619. The fourth-order valence-corrected chi connectivity index (χ4v) is 8.04. The summed E-state index contributed by atoms with van der Waals surface area (Å²) in [5.41, 5.74) is 0. The molecule has 3 saturated heterocycles. The summed E-state index contributed by atoms with van der Waals surface area (Å²) in [6, 6.07) is 0. The molecule has 0 spiro atoms. The first-order valence-corrected chi connectivity index (χ1v) is 11.6. The SMILES string of the molecule is CC1CCC2CC(C3CC4OC(C3)C4C3CCC4OC4C3)CCC2C1. The van der Waals surface area contributed by atoms with Gasteiger partial charge in [-0.3, -0.25) is 0 Å². The molecule has 3 heterocycles. The third kappa shape index (κ3) is 2.73. The van der Waals surface area contributed by atoms with Gasteiger partial charge in [-0.1, -0.05) is 13.3 Å². The highest BCUT2D eigenvalue weighted by molar-refractivity contribution is 5.04. The third-order valence-corrected chi connectivity index (χ3v) is 9.45. The predicted molar refractivity (Wildman–Crippen MR) is 98.2 cm³/mol. The molecule has 0 amide bonds. The van der Waals surface area contributed by atoms with Crippen LogP contribution in [0, 0.1) is 41.4 Å². The molecule has 0 N–H and O–H groups in total. The van der Waals surface area contributed by atoms with Gasteiger partial charge in [-0.15, -0.1) is 0 Å². The van der Waals surface area contributed by atoms with Crippen LogP contribution in [0.5, 0.6) is 0 Å². The topological polar surface area (TPSA) is 21.8 Å². The second-order valence-corrected chi connectivity index (χ2v) is 10.8. The summed E-state index contributed by atoms with van der Waals surface area (Å²) >= 11 is 0. The maximum absolute atomic E-state index is 6.29. The van der Waals surface area contributed by atoms with E-state index in [9.17, 15) is 0 Å². The number of epoxide rings is 1. The van der Waals surface area contributed by atoms with Gasteiger partial charge >= 0.3 is 0 Å².